The zero-order chi connectivity index (χ0) is 9.56. The normalized spacial score (nSPS) is 8.83. The van der Waals surface area contributed by atoms with E-state index in [1.165, 1.54) is 0 Å². The number of carbonyl (C=O) groups excluding carboxylic acids is 2. The fraction of sp³-hybridized carbons (Fsp3) is 0.250. The Morgan fingerprint density at radius 1 is 1.17 bits per heavy atom. The summed E-state index contributed by atoms with van der Waals surface area (Å²) in [6, 6.07) is 0. The summed E-state index contributed by atoms with van der Waals surface area (Å²) in [5, 5.41) is 4.92. The highest BCUT2D eigenvalue weighted by Gasteiger charge is 2.04. The molecule has 0 aliphatic carbocycles. The molecular formula is C8H12N2O2. The monoisotopic (exact) mass is 168 g/mol. The second-order valence-electron chi connectivity index (χ2n) is 2.15. The molecule has 0 radical (unpaired) electrons. The maximum atomic E-state index is 10.7. The molecule has 66 valence electrons. The van der Waals surface area contributed by atoms with Gasteiger partial charge in [-0.15, -0.1) is 0 Å². The Morgan fingerprint density at radius 2 is 1.50 bits per heavy atom. The van der Waals surface area contributed by atoms with Crippen LogP contribution in [0.25, 0.3) is 0 Å². The molecule has 0 unspecified atom stereocenters. The van der Waals surface area contributed by atoms with Gasteiger partial charge in [-0.05, 0) is 19.1 Å². The van der Waals surface area contributed by atoms with Crippen molar-refractivity contribution in [2.45, 2.75) is 13.1 Å². The van der Waals surface area contributed by atoms with Gasteiger partial charge >= 0.3 is 0 Å². The highest BCUT2D eigenvalue weighted by atomic mass is 16.2. The molecule has 0 aromatic carbocycles. The lowest BCUT2D eigenvalue weighted by atomic mass is 10.4. The molecule has 2 N–H and O–H groups in total. The van der Waals surface area contributed by atoms with Crippen LogP contribution in [0.2, 0.25) is 0 Å². The lowest BCUT2D eigenvalue weighted by Crippen LogP contribution is -2.44. The highest BCUT2D eigenvalue weighted by Crippen LogP contribution is 1.77. The van der Waals surface area contributed by atoms with Crippen molar-refractivity contribution in [2.24, 2.45) is 0 Å². The average molecular weight is 168 g/mol. The standard InChI is InChI=1S/C8H12N2O2/c1-4-7(11)9-6(3)10-8(12)5-2/h4-6H,1-2H2,3H3,(H,9,11)(H,10,12). The first-order valence-electron chi connectivity index (χ1n) is 3.46. The van der Waals surface area contributed by atoms with Gasteiger partial charge < -0.3 is 10.6 Å². The predicted octanol–water partition coefficient (Wildman–Crippen LogP) is -0.0632. The van der Waals surface area contributed by atoms with Crippen molar-refractivity contribution in [1.82, 2.24) is 10.6 Å². The summed E-state index contributed by atoms with van der Waals surface area (Å²) >= 11 is 0. The van der Waals surface area contributed by atoms with Crippen molar-refractivity contribution in [3.8, 4) is 0 Å². The van der Waals surface area contributed by atoms with Crippen LogP contribution in [0.5, 0.6) is 0 Å². The van der Waals surface area contributed by atoms with E-state index in [4.69, 9.17) is 0 Å². The summed E-state index contributed by atoms with van der Waals surface area (Å²) in [5.74, 6) is -0.654. The fourth-order valence-electron chi connectivity index (χ4n) is 0.581. The molecule has 0 aromatic heterocycles. The molecule has 4 heteroatoms. The fourth-order valence-corrected chi connectivity index (χ4v) is 0.581. The van der Waals surface area contributed by atoms with Gasteiger partial charge in [0.2, 0.25) is 11.8 Å². The van der Waals surface area contributed by atoms with Crippen molar-refractivity contribution in [3.05, 3.63) is 25.3 Å². The maximum Gasteiger partial charge on any atom is 0.244 e. The van der Waals surface area contributed by atoms with Crippen LogP contribution in [0, 0.1) is 0 Å². The van der Waals surface area contributed by atoms with E-state index in [-0.39, 0.29) is 11.8 Å². The zero-order valence-corrected chi connectivity index (χ0v) is 6.96. The number of amides is 2. The number of rotatable bonds is 4. The van der Waals surface area contributed by atoms with Crippen molar-refractivity contribution < 1.29 is 9.59 Å². The second kappa shape index (κ2) is 5.12. The summed E-state index contributed by atoms with van der Waals surface area (Å²) < 4.78 is 0. The van der Waals surface area contributed by atoms with Crippen LogP contribution in [0.15, 0.2) is 25.3 Å². The van der Waals surface area contributed by atoms with Gasteiger partial charge in [0.1, 0.15) is 0 Å². The van der Waals surface area contributed by atoms with E-state index in [0.29, 0.717) is 0 Å². The summed E-state index contributed by atoms with van der Waals surface area (Å²) in [6.45, 7) is 8.18. The molecule has 0 saturated heterocycles. The lowest BCUT2D eigenvalue weighted by molar-refractivity contribution is -0.119. The van der Waals surface area contributed by atoms with Gasteiger partial charge in [-0.1, -0.05) is 13.2 Å². The third-order valence-electron chi connectivity index (χ3n) is 1.09. The maximum absolute atomic E-state index is 10.7. The third-order valence-corrected chi connectivity index (χ3v) is 1.09. The topological polar surface area (TPSA) is 58.2 Å². The molecule has 2 amide bonds. The Hall–Kier alpha value is -1.58. The number of hydrogen-bond acceptors (Lipinski definition) is 2. The Kier molecular flexibility index (Phi) is 4.45. The van der Waals surface area contributed by atoms with Crippen LogP contribution in [0.3, 0.4) is 0 Å². The lowest BCUT2D eigenvalue weighted by Gasteiger charge is -2.12. The zero-order valence-electron chi connectivity index (χ0n) is 6.96. The Morgan fingerprint density at radius 3 is 1.75 bits per heavy atom. The smallest absolute Gasteiger partial charge is 0.244 e. The molecule has 0 atom stereocenters. The van der Waals surface area contributed by atoms with Gasteiger partial charge in [-0.25, -0.2) is 0 Å². The first-order chi connectivity index (χ1) is 5.60. The van der Waals surface area contributed by atoms with Gasteiger partial charge in [0.15, 0.2) is 0 Å². The Bertz CT molecular complexity index is 189. The summed E-state index contributed by atoms with van der Waals surface area (Å²) in [7, 11) is 0. The van der Waals surface area contributed by atoms with E-state index in [9.17, 15) is 9.59 Å². The van der Waals surface area contributed by atoms with Gasteiger partial charge in [-0.3, -0.25) is 9.59 Å². The summed E-state index contributed by atoms with van der Waals surface area (Å²) in [6.07, 6.45) is 1.86. The Labute approximate surface area is 71.3 Å². The van der Waals surface area contributed by atoms with E-state index in [1.54, 1.807) is 6.92 Å². The third kappa shape index (κ3) is 4.27. The molecule has 12 heavy (non-hydrogen) atoms. The van der Waals surface area contributed by atoms with Gasteiger partial charge in [0.05, 0.1) is 6.17 Å². The predicted molar refractivity (Wildman–Crippen MR) is 46.1 cm³/mol. The van der Waals surface area contributed by atoms with E-state index in [0.717, 1.165) is 12.2 Å². The Balaban J connectivity index is 3.80. The SMILES string of the molecule is C=CC(=O)NC(C)NC(=O)C=C. The number of carbonyl (C=O) groups is 2. The molecule has 0 spiro atoms. The number of hydrogen-bond donors (Lipinski definition) is 2. The molecule has 4 nitrogen and oxygen atoms in total. The number of nitrogens with one attached hydrogen (secondary N) is 2. The molecule has 0 saturated carbocycles. The first kappa shape index (κ1) is 10.4. The van der Waals surface area contributed by atoms with Crippen LogP contribution >= 0.6 is 0 Å². The van der Waals surface area contributed by atoms with E-state index < -0.39 is 6.17 Å². The van der Waals surface area contributed by atoms with Crippen LogP contribution in [0.1, 0.15) is 6.92 Å². The summed E-state index contributed by atoms with van der Waals surface area (Å²) in [5.41, 5.74) is 0. The molecular weight excluding hydrogens is 156 g/mol. The van der Waals surface area contributed by atoms with Gasteiger partial charge in [-0.2, -0.15) is 0 Å². The van der Waals surface area contributed by atoms with Crippen molar-refractivity contribution in [2.75, 3.05) is 0 Å². The second-order valence-corrected chi connectivity index (χ2v) is 2.15. The van der Waals surface area contributed by atoms with Gasteiger partial charge in [0.25, 0.3) is 0 Å². The molecule has 0 fully saturated rings. The molecule has 0 bridgehead atoms. The quantitative estimate of drug-likeness (QED) is 0.456. The van der Waals surface area contributed by atoms with E-state index >= 15 is 0 Å². The minimum Gasteiger partial charge on any atom is -0.333 e. The molecule has 0 aliphatic rings. The first-order valence-corrected chi connectivity index (χ1v) is 3.46. The average Bonchev–Trinajstić information content (AvgIpc) is 2.03. The molecule has 0 rings (SSSR count). The van der Waals surface area contributed by atoms with Crippen LogP contribution < -0.4 is 10.6 Å². The largest absolute Gasteiger partial charge is 0.333 e. The molecule has 0 aliphatic heterocycles. The van der Waals surface area contributed by atoms with E-state index in [2.05, 4.69) is 23.8 Å². The summed E-state index contributed by atoms with van der Waals surface area (Å²) in [4.78, 5) is 21.4. The van der Waals surface area contributed by atoms with Crippen molar-refractivity contribution in [3.63, 3.8) is 0 Å². The molecule has 0 aromatic rings. The van der Waals surface area contributed by atoms with Crippen LogP contribution in [-0.2, 0) is 9.59 Å². The van der Waals surface area contributed by atoms with Crippen molar-refractivity contribution in [1.29, 1.82) is 0 Å². The highest BCUT2D eigenvalue weighted by molar-refractivity contribution is 5.89. The minimum absolute atomic E-state index is 0.327. The van der Waals surface area contributed by atoms with Crippen LogP contribution in [0.4, 0.5) is 0 Å². The minimum atomic E-state index is -0.416. The molecule has 0 heterocycles. The van der Waals surface area contributed by atoms with E-state index in [1.807, 2.05) is 0 Å². The van der Waals surface area contributed by atoms with Gasteiger partial charge in [0, 0.05) is 0 Å². The van der Waals surface area contributed by atoms with Crippen LogP contribution in [-0.4, -0.2) is 18.0 Å². The van der Waals surface area contributed by atoms with Crippen molar-refractivity contribution >= 4 is 11.8 Å².